The number of morpholine rings is 1. The van der Waals surface area contributed by atoms with Crippen molar-refractivity contribution in [1.82, 2.24) is 4.90 Å². The van der Waals surface area contributed by atoms with Gasteiger partial charge < -0.3 is 19.5 Å². The SMILES string of the molecule is COc1ccc(CSCC(=O)N2CC(C(=O)O)O[C@H](C)C2)cc1[N+](=O)[O-]. The molecule has 1 aliphatic heterocycles. The molecule has 2 rings (SSSR count). The molecule has 1 aromatic rings. The molecule has 2 atom stereocenters. The summed E-state index contributed by atoms with van der Waals surface area (Å²) in [5.41, 5.74) is 0.581. The average molecular weight is 384 g/mol. The number of hydrogen-bond acceptors (Lipinski definition) is 7. The number of ether oxygens (including phenoxy) is 2. The van der Waals surface area contributed by atoms with E-state index in [9.17, 15) is 19.7 Å². The lowest BCUT2D eigenvalue weighted by Gasteiger charge is -2.34. The number of thioether (sulfide) groups is 1. The number of hydrogen-bond donors (Lipinski definition) is 1. The molecular formula is C16H20N2O7S. The van der Waals surface area contributed by atoms with Gasteiger partial charge in [-0.2, -0.15) is 0 Å². The van der Waals surface area contributed by atoms with Crippen molar-refractivity contribution in [2.24, 2.45) is 0 Å². The number of nitro groups is 1. The van der Waals surface area contributed by atoms with Gasteiger partial charge in [-0.3, -0.25) is 14.9 Å². The number of aliphatic carboxylic acids is 1. The highest BCUT2D eigenvalue weighted by Crippen LogP contribution is 2.29. The first-order valence-electron chi connectivity index (χ1n) is 7.87. The molecule has 26 heavy (non-hydrogen) atoms. The Morgan fingerprint density at radius 1 is 1.46 bits per heavy atom. The molecule has 0 spiro atoms. The van der Waals surface area contributed by atoms with Crippen molar-refractivity contribution < 1.29 is 29.1 Å². The summed E-state index contributed by atoms with van der Waals surface area (Å²) < 4.78 is 10.2. The minimum atomic E-state index is -1.09. The van der Waals surface area contributed by atoms with E-state index in [1.54, 1.807) is 13.0 Å². The molecule has 1 fully saturated rings. The minimum absolute atomic E-state index is 0.0209. The summed E-state index contributed by atoms with van der Waals surface area (Å²) in [6, 6.07) is 4.66. The second kappa shape index (κ2) is 8.86. The number of carboxylic acid groups (broad SMARTS) is 1. The highest BCUT2D eigenvalue weighted by atomic mass is 32.2. The van der Waals surface area contributed by atoms with E-state index < -0.39 is 17.0 Å². The van der Waals surface area contributed by atoms with E-state index in [0.29, 0.717) is 17.9 Å². The molecule has 1 amide bonds. The van der Waals surface area contributed by atoms with Crippen LogP contribution in [-0.4, -0.2) is 65.0 Å². The number of rotatable bonds is 7. The smallest absolute Gasteiger partial charge is 0.334 e. The van der Waals surface area contributed by atoms with Crippen LogP contribution in [-0.2, 0) is 20.1 Å². The van der Waals surface area contributed by atoms with Crippen LogP contribution < -0.4 is 4.74 Å². The number of carbonyl (C=O) groups is 2. The van der Waals surface area contributed by atoms with Crippen LogP contribution >= 0.6 is 11.8 Å². The molecule has 0 bridgehead atoms. The van der Waals surface area contributed by atoms with Crippen molar-refractivity contribution >= 4 is 29.3 Å². The van der Waals surface area contributed by atoms with Crippen LogP contribution in [0.3, 0.4) is 0 Å². The predicted molar refractivity (Wildman–Crippen MR) is 94.4 cm³/mol. The van der Waals surface area contributed by atoms with Crippen LogP contribution in [0.1, 0.15) is 12.5 Å². The Kier molecular flexibility index (Phi) is 6.81. The molecule has 142 valence electrons. The van der Waals surface area contributed by atoms with Crippen molar-refractivity contribution in [3.63, 3.8) is 0 Å². The number of methoxy groups -OCH3 is 1. The number of nitro benzene ring substituents is 1. The first-order chi connectivity index (χ1) is 12.3. The maximum atomic E-state index is 12.3. The van der Waals surface area contributed by atoms with Crippen LogP contribution in [0.5, 0.6) is 5.75 Å². The van der Waals surface area contributed by atoms with E-state index in [1.807, 2.05) is 0 Å². The van der Waals surface area contributed by atoms with Gasteiger partial charge in [-0.25, -0.2) is 4.79 Å². The molecule has 0 radical (unpaired) electrons. The first-order valence-corrected chi connectivity index (χ1v) is 9.02. The number of benzene rings is 1. The Balaban J connectivity index is 1.91. The van der Waals surface area contributed by atoms with Gasteiger partial charge in [-0.15, -0.1) is 11.8 Å². The van der Waals surface area contributed by atoms with Gasteiger partial charge >= 0.3 is 11.7 Å². The molecule has 1 N–H and O–H groups in total. The normalized spacial score (nSPS) is 19.8. The number of carboxylic acids is 1. The molecule has 9 nitrogen and oxygen atoms in total. The quantitative estimate of drug-likeness (QED) is 0.555. The Labute approximate surface area is 154 Å². The highest BCUT2D eigenvalue weighted by molar-refractivity contribution is 7.99. The number of nitrogens with zero attached hydrogens (tertiary/aromatic N) is 2. The Bertz CT molecular complexity index is 697. The monoisotopic (exact) mass is 384 g/mol. The van der Waals surface area contributed by atoms with Gasteiger partial charge in [0.1, 0.15) is 0 Å². The van der Waals surface area contributed by atoms with Crippen molar-refractivity contribution in [2.75, 3.05) is 26.0 Å². The lowest BCUT2D eigenvalue weighted by molar-refractivity contribution is -0.385. The van der Waals surface area contributed by atoms with Crippen LogP contribution in [0.25, 0.3) is 0 Å². The zero-order valence-corrected chi connectivity index (χ0v) is 15.2. The molecule has 1 unspecified atom stereocenters. The zero-order valence-electron chi connectivity index (χ0n) is 14.4. The lowest BCUT2D eigenvalue weighted by Crippen LogP contribution is -2.52. The third-order valence-corrected chi connectivity index (χ3v) is 4.81. The maximum Gasteiger partial charge on any atom is 0.334 e. The molecule has 0 saturated carbocycles. The predicted octanol–water partition coefficient (Wildman–Crippen LogP) is 1.54. The van der Waals surface area contributed by atoms with E-state index in [1.165, 1.54) is 35.9 Å². The molecule has 1 aliphatic rings. The van der Waals surface area contributed by atoms with Crippen molar-refractivity contribution in [3.05, 3.63) is 33.9 Å². The largest absolute Gasteiger partial charge is 0.490 e. The van der Waals surface area contributed by atoms with Crippen LogP contribution in [0.2, 0.25) is 0 Å². The van der Waals surface area contributed by atoms with Crippen molar-refractivity contribution in [1.29, 1.82) is 0 Å². The van der Waals surface area contributed by atoms with Crippen LogP contribution in [0.4, 0.5) is 5.69 Å². The van der Waals surface area contributed by atoms with E-state index in [0.717, 1.165) is 0 Å². The van der Waals surface area contributed by atoms with Gasteiger partial charge in [-0.05, 0) is 18.6 Å². The van der Waals surface area contributed by atoms with E-state index in [4.69, 9.17) is 14.6 Å². The average Bonchev–Trinajstić information content (AvgIpc) is 2.60. The second-order valence-corrected chi connectivity index (χ2v) is 6.81. The maximum absolute atomic E-state index is 12.3. The molecule has 0 aromatic heterocycles. The Morgan fingerprint density at radius 3 is 2.81 bits per heavy atom. The Hall–Kier alpha value is -2.33. The summed E-state index contributed by atoms with van der Waals surface area (Å²) in [6.45, 7) is 2.09. The summed E-state index contributed by atoms with van der Waals surface area (Å²) in [5, 5.41) is 20.1. The van der Waals surface area contributed by atoms with Crippen LogP contribution in [0.15, 0.2) is 18.2 Å². The standard InChI is InChI=1S/C16H20N2O7S/c1-10-6-17(7-14(25-10)16(20)21)15(19)9-26-8-11-3-4-13(24-2)12(5-11)18(22)23/h3-5,10,14H,6-9H2,1-2H3,(H,20,21)/t10-,14?/m1/s1. The van der Waals surface area contributed by atoms with Gasteiger partial charge in [-0.1, -0.05) is 6.07 Å². The zero-order chi connectivity index (χ0) is 19.3. The van der Waals surface area contributed by atoms with E-state index >= 15 is 0 Å². The third-order valence-electron chi connectivity index (χ3n) is 3.82. The second-order valence-electron chi connectivity index (χ2n) is 5.83. The summed E-state index contributed by atoms with van der Waals surface area (Å²) >= 11 is 1.31. The number of carbonyl (C=O) groups excluding carboxylic acids is 1. The topological polar surface area (TPSA) is 119 Å². The van der Waals surface area contributed by atoms with Gasteiger partial charge in [0.15, 0.2) is 11.9 Å². The number of amides is 1. The molecule has 1 saturated heterocycles. The first kappa shape index (κ1) is 20.0. The molecular weight excluding hydrogens is 364 g/mol. The lowest BCUT2D eigenvalue weighted by atomic mass is 10.2. The van der Waals surface area contributed by atoms with Gasteiger partial charge in [0.25, 0.3) is 0 Å². The minimum Gasteiger partial charge on any atom is -0.490 e. The van der Waals surface area contributed by atoms with Crippen molar-refractivity contribution in [3.8, 4) is 5.75 Å². The summed E-state index contributed by atoms with van der Waals surface area (Å²) in [4.78, 5) is 35.4. The molecule has 1 aromatic carbocycles. The van der Waals surface area contributed by atoms with E-state index in [2.05, 4.69) is 0 Å². The molecule has 0 aliphatic carbocycles. The molecule has 1 heterocycles. The van der Waals surface area contributed by atoms with E-state index in [-0.39, 0.29) is 35.7 Å². The fourth-order valence-corrected chi connectivity index (χ4v) is 3.48. The molecule has 10 heteroatoms. The van der Waals surface area contributed by atoms with Gasteiger partial charge in [0, 0.05) is 18.4 Å². The van der Waals surface area contributed by atoms with Gasteiger partial charge in [0.05, 0.1) is 30.4 Å². The fraction of sp³-hybridized carbons (Fsp3) is 0.500. The van der Waals surface area contributed by atoms with Gasteiger partial charge in [0.2, 0.25) is 5.91 Å². The van der Waals surface area contributed by atoms with Crippen LogP contribution in [0, 0.1) is 10.1 Å². The Morgan fingerprint density at radius 2 is 2.19 bits per heavy atom. The summed E-state index contributed by atoms with van der Waals surface area (Å²) in [6.07, 6.45) is -1.36. The fourth-order valence-electron chi connectivity index (χ4n) is 2.61. The third kappa shape index (κ3) is 5.09. The summed E-state index contributed by atoms with van der Waals surface area (Å²) in [7, 11) is 1.36. The summed E-state index contributed by atoms with van der Waals surface area (Å²) in [5.74, 6) is -0.522. The highest BCUT2D eigenvalue weighted by Gasteiger charge is 2.32. The van der Waals surface area contributed by atoms with Crippen molar-refractivity contribution in [2.45, 2.75) is 24.9 Å².